The number of hydrogen-bond donors (Lipinski definition) is 3. The SMILES string of the molecule is Cc1ccc([N+](=O)[O-])c(NCCCC(CO)NC(=O)OC(C)(C)C)c1. The average Bonchev–Trinajstić information content (AvgIpc) is 2.48. The molecule has 8 heteroatoms. The van der Waals surface area contributed by atoms with E-state index < -0.39 is 22.7 Å². The van der Waals surface area contributed by atoms with E-state index in [1.54, 1.807) is 32.9 Å². The van der Waals surface area contributed by atoms with E-state index in [9.17, 15) is 20.0 Å². The second-order valence-electron chi connectivity index (χ2n) is 6.87. The number of nitro groups is 1. The Balaban J connectivity index is 2.47. The van der Waals surface area contributed by atoms with Gasteiger partial charge in [0.25, 0.3) is 5.69 Å². The summed E-state index contributed by atoms with van der Waals surface area (Å²) in [6, 6.07) is 4.46. The molecule has 0 aliphatic carbocycles. The summed E-state index contributed by atoms with van der Waals surface area (Å²) in [6.07, 6.45) is 0.558. The molecule has 1 rings (SSSR count). The van der Waals surface area contributed by atoms with Crippen LogP contribution >= 0.6 is 0 Å². The van der Waals surface area contributed by atoms with Crippen LogP contribution in [0.3, 0.4) is 0 Å². The summed E-state index contributed by atoms with van der Waals surface area (Å²) in [6.45, 7) is 7.43. The van der Waals surface area contributed by atoms with Crippen LogP contribution in [0.5, 0.6) is 0 Å². The minimum Gasteiger partial charge on any atom is -0.444 e. The summed E-state index contributed by atoms with van der Waals surface area (Å²) in [4.78, 5) is 22.3. The number of ether oxygens (including phenoxy) is 1. The van der Waals surface area contributed by atoms with Crippen molar-refractivity contribution in [1.82, 2.24) is 5.32 Å². The van der Waals surface area contributed by atoms with Crippen LogP contribution in [0, 0.1) is 17.0 Å². The Kier molecular flexibility index (Phi) is 7.63. The minimum atomic E-state index is -0.601. The van der Waals surface area contributed by atoms with Crippen molar-refractivity contribution in [3.05, 3.63) is 33.9 Å². The van der Waals surface area contributed by atoms with Gasteiger partial charge in [0, 0.05) is 12.6 Å². The van der Waals surface area contributed by atoms with Gasteiger partial charge in [-0.25, -0.2) is 4.79 Å². The molecule has 0 heterocycles. The second-order valence-corrected chi connectivity index (χ2v) is 6.87. The van der Waals surface area contributed by atoms with Crippen LogP contribution in [-0.2, 0) is 4.74 Å². The van der Waals surface area contributed by atoms with Crippen molar-refractivity contribution in [2.75, 3.05) is 18.5 Å². The fourth-order valence-electron chi connectivity index (χ4n) is 2.21. The maximum atomic E-state index is 11.7. The van der Waals surface area contributed by atoms with Gasteiger partial charge in [0.15, 0.2) is 0 Å². The van der Waals surface area contributed by atoms with Crippen molar-refractivity contribution in [1.29, 1.82) is 0 Å². The molecule has 140 valence electrons. The lowest BCUT2D eigenvalue weighted by Gasteiger charge is -2.22. The van der Waals surface area contributed by atoms with Crippen LogP contribution in [-0.4, -0.2) is 40.9 Å². The number of amides is 1. The predicted octanol–water partition coefficient (Wildman–Crippen LogP) is 2.98. The Morgan fingerprint density at radius 3 is 2.64 bits per heavy atom. The third-order valence-corrected chi connectivity index (χ3v) is 3.33. The molecule has 1 atom stereocenters. The van der Waals surface area contributed by atoms with Gasteiger partial charge in [-0.05, 0) is 52.2 Å². The number of benzene rings is 1. The Labute approximate surface area is 147 Å². The standard InChI is InChI=1S/C17H27N3O5/c1-12-7-8-15(20(23)24)14(10-12)18-9-5-6-13(11-21)19-16(22)25-17(2,3)4/h7-8,10,13,18,21H,5-6,9,11H2,1-4H3,(H,19,22). The monoisotopic (exact) mass is 353 g/mol. The van der Waals surface area contributed by atoms with Gasteiger partial charge < -0.3 is 20.5 Å². The molecule has 0 fully saturated rings. The molecule has 0 aliphatic rings. The first-order valence-electron chi connectivity index (χ1n) is 8.21. The second kappa shape index (κ2) is 9.22. The minimum absolute atomic E-state index is 0.0242. The number of nitrogens with zero attached hydrogens (tertiary/aromatic N) is 1. The molecule has 1 aromatic carbocycles. The molecule has 0 aromatic heterocycles. The Bertz CT molecular complexity index is 598. The molecule has 0 spiro atoms. The first kappa shape index (κ1) is 20.7. The third-order valence-electron chi connectivity index (χ3n) is 3.33. The average molecular weight is 353 g/mol. The highest BCUT2D eigenvalue weighted by Crippen LogP contribution is 2.25. The van der Waals surface area contributed by atoms with Crippen LogP contribution < -0.4 is 10.6 Å². The van der Waals surface area contributed by atoms with Gasteiger partial charge in [-0.1, -0.05) is 6.07 Å². The Hall–Kier alpha value is -2.35. The highest BCUT2D eigenvalue weighted by atomic mass is 16.6. The third kappa shape index (κ3) is 7.84. The number of nitro benzene ring substituents is 1. The van der Waals surface area contributed by atoms with E-state index in [1.807, 2.05) is 6.92 Å². The summed E-state index contributed by atoms with van der Waals surface area (Å²) >= 11 is 0. The van der Waals surface area contributed by atoms with Crippen LogP contribution in [0.2, 0.25) is 0 Å². The van der Waals surface area contributed by atoms with Gasteiger partial charge in [0.05, 0.1) is 17.6 Å². The molecular formula is C17H27N3O5. The summed E-state index contributed by atoms with van der Waals surface area (Å²) in [5, 5.41) is 26.0. The number of aliphatic hydroxyl groups is 1. The van der Waals surface area contributed by atoms with E-state index in [2.05, 4.69) is 10.6 Å². The van der Waals surface area contributed by atoms with Gasteiger partial charge in [0.1, 0.15) is 11.3 Å². The zero-order chi connectivity index (χ0) is 19.0. The number of carbonyl (C=O) groups excluding carboxylic acids is 1. The number of aryl methyl sites for hydroxylation is 1. The number of alkyl carbamates (subject to hydrolysis) is 1. The van der Waals surface area contributed by atoms with Crippen molar-refractivity contribution in [3.63, 3.8) is 0 Å². The maximum absolute atomic E-state index is 11.7. The van der Waals surface area contributed by atoms with E-state index in [1.165, 1.54) is 6.07 Å². The topological polar surface area (TPSA) is 114 Å². The smallest absolute Gasteiger partial charge is 0.407 e. The summed E-state index contributed by atoms with van der Waals surface area (Å²) < 4.78 is 5.15. The van der Waals surface area contributed by atoms with Gasteiger partial charge in [-0.15, -0.1) is 0 Å². The summed E-state index contributed by atoms with van der Waals surface area (Å²) in [7, 11) is 0. The van der Waals surface area contributed by atoms with Gasteiger partial charge in [-0.3, -0.25) is 10.1 Å². The highest BCUT2D eigenvalue weighted by Gasteiger charge is 2.19. The first-order chi connectivity index (χ1) is 11.6. The lowest BCUT2D eigenvalue weighted by atomic mass is 10.1. The van der Waals surface area contributed by atoms with Crippen molar-refractivity contribution in [3.8, 4) is 0 Å². The lowest BCUT2D eigenvalue weighted by molar-refractivity contribution is -0.384. The Morgan fingerprint density at radius 1 is 1.40 bits per heavy atom. The number of rotatable bonds is 8. The molecule has 1 amide bonds. The molecule has 1 aromatic rings. The molecule has 1 unspecified atom stereocenters. The number of anilines is 1. The van der Waals surface area contributed by atoms with Crippen molar-refractivity contribution in [2.24, 2.45) is 0 Å². The normalized spacial score (nSPS) is 12.4. The summed E-state index contributed by atoms with van der Waals surface area (Å²) in [5.74, 6) is 0. The van der Waals surface area contributed by atoms with E-state index in [0.717, 1.165) is 5.56 Å². The van der Waals surface area contributed by atoms with Crippen molar-refractivity contribution >= 4 is 17.5 Å². The molecule has 0 radical (unpaired) electrons. The van der Waals surface area contributed by atoms with Gasteiger partial charge in [-0.2, -0.15) is 0 Å². The van der Waals surface area contributed by atoms with E-state index in [4.69, 9.17) is 4.74 Å². The highest BCUT2D eigenvalue weighted by molar-refractivity contribution is 5.68. The molecule has 3 N–H and O–H groups in total. The van der Waals surface area contributed by atoms with Crippen molar-refractivity contribution < 1.29 is 19.6 Å². The van der Waals surface area contributed by atoms with Crippen LogP contribution in [0.1, 0.15) is 39.2 Å². The first-order valence-corrected chi connectivity index (χ1v) is 8.21. The van der Waals surface area contributed by atoms with Crippen molar-refractivity contribution in [2.45, 2.75) is 52.2 Å². The number of hydrogen-bond acceptors (Lipinski definition) is 6. The summed E-state index contributed by atoms with van der Waals surface area (Å²) in [5.41, 5.74) is 0.810. The van der Waals surface area contributed by atoms with E-state index in [0.29, 0.717) is 25.1 Å². The number of carbonyl (C=O) groups is 1. The zero-order valence-corrected chi connectivity index (χ0v) is 15.2. The number of aliphatic hydroxyl groups excluding tert-OH is 1. The molecule has 8 nitrogen and oxygen atoms in total. The fraction of sp³-hybridized carbons (Fsp3) is 0.588. The fourth-order valence-corrected chi connectivity index (χ4v) is 2.21. The van der Waals surface area contributed by atoms with E-state index >= 15 is 0 Å². The molecule has 0 saturated carbocycles. The molecular weight excluding hydrogens is 326 g/mol. The van der Waals surface area contributed by atoms with Gasteiger partial charge in [0.2, 0.25) is 0 Å². The molecule has 0 bridgehead atoms. The van der Waals surface area contributed by atoms with Crippen LogP contribution in [0.25, 0.3) is 0 Å². The van der Waals surface area contributed by atoms with Crippen LogP contribution in [0.15, 0.2) is 18.2 Å². The number of nitrogens with one attached hydrogen (secondary N) is 2. The Morgan fingerprint density at radius 2 is 2.08 bits per heavy atom. The predicted molar refractivity (Wildman–Crippen MR) is 95.8 cm³/mol. The molecule has 0 saturated heterocycles. The molecule has 25 heavy (non-hydrogen) atoms. The van der Waals surface area contributed by atoms with Crippen LogP contribution in [0.4, 0.5) is 16.2 Å². The maximum Gasteiger partial charge on any atom is 0.407 e. The van der Waals surface area contributed by atoms with Gasteiger partial charge >= 0.3 is 6.09 Å². The molecule has 0 aliphatic heterocycles. The quantitative estimate of drug-likeness (QED) is 0.376. The largest absolute Gasteiger partial charge is 0.444 e. The zero-order valence-electron chi connectivity index (χ0n) is 15.2. The van der Waals surface area contributed by atoms with E-state index in [-0.39, 0.29) is 12.3 Å². The lowest BCUT2D eigenvalue weighted by Crippen LogP contribution is -2.41.